The highest BCUT2D eigenvalue weighted by atomic mass is 16.5. The van der Waals surface area contributed by atoms with Crippen molar-refractivity contribution in [3.05, 3.63) is 84.2 Å². The van der Waals surface area contributed by atoms with Crippen molar-refractivity contribution in [1.29, 1.82) is 0 Å². The van der Waals surface area contributed by atoms with E-state index in [1.165, 1.54) is 5.56 Å². The molecule has 3 aromatic carbocycles. The van der Waals surface area contributed by atoms with Crippen molar-refractivity contribution in [2.75, 3.05) is 25.2 Å². The van der Waals surface area contributed by atoms with Crippen molar-refractivity contribution in [1.82, 2.24) is 9.55 Å². The van der Waals surface area contributed by atoms with Crippen LogP contribution in [0.1, 0.15) is 23.7 Å². The summed E-state index contributed by atoms with van der Waals surface area (Å²) in [6.07, 6.45) is 0.449. The average Bonchev–Trinajstić information content (AvgIpc) is 3.40. The minimum absolute atomic E-state index is 0.0254. The first-order valence-corrected chi connectivity index (χ1v) is 11.2. The molecular formula is C27H27N3O3. The van der Waals surface area contributed by atoms with Crippen molar-refractivity contribution < 1.29 is 14.3 Å². The van der Waals surface area contributed by atoms with Gasteiger partial charge in [0.2, 0.25) is 5.91 Å². The molecular weight excluding hydrogens is 414 g/mol. The number of methoxy groups -OCH3 is 1. The molecule has 1 amide bonds. The van der Waals surface area contributed by atoms with E-state index in [-0.39, 0.29) is 11.8 Å². The van der Waals surface area contributed by atoms with Crippen LogP contribution < -0.4 is 14.4 Å². The molecule has 6 nitrogen and oxygen atoms in total. The molecule has 0 aliphatic carbocycles. The summed E-state index contributed by atoms with van der Waals surface area (Å²) in [5.74, 6) is 2.52. The first kappa shape index (κ1) is 21.1. The number of aryl methyl sites for hydroxylation is 1. The third-order valence-electron chi connectivity index (χ3n) is 6.16. The summed E-state index contributed by atoms with van der Waals surface area (Å²) in [5.41, 5.74) is 4.11. The standard InChI is InChI=1S/C27H27N3O3/c1-19-11-13-21(14-12-19)30-18-20(17-26(30)31)27-28-22-7-3-4-8-23(22)29(27)15-16-33-25-10-6-5-9-24(25)32-2/h3-14,20H,15-18H2,1-2H3. The first-order chi connectivity index (χ1) is 16.1. The molecule has 6 heteroatoms. The van der Waals surface area contributed by atoms with E-state index in [1.54, 1.807) is 7.11 Å². The summed E-state index contributed by atoms with van der Waals surface area (Å²) in [6.45, 7) is 3.77. The molecule has 5 rings (SSSR count). The molecule has 1 saturated heterocycles. The second kappa shape index (κ2) is 8.98. The minimum atomic E-state index is 0.0254. The maximum absolute atomic E-state index is 12.9. The number of benzene rings is 3. The molecule has 0 bridgehead atoms. The van der Waals surface area contributed by atoms with Gasteiger partial charge in [-0.15, -0.1) is 0 Å². The molecule has 4 aromatic rings. The largest absolute Gasteiger partial charge is 0.493 e. The van der Waals surface area contributed by atoms with Crippen molar-refractivity contribution in [2.24, 2.45) is 0 Å². The van der Waals surface area contributed by atoms with Gasteiger partial charge >= 0.3 is 0 Å². The Balaban J connectivity index is 1.40. The van der Waals surface area contributed by atoms with Crippen molar-refractivity contribution >= 4 is 22.6 Å². The molecule has 1 atom stereocenters. The van der Waals surface area contributed by atoms with E-state index in [2.05, 4.69) is 10.6 Å². The summed E-state index contributed by atoms with van der Waals surface area (Å²) in [7, 11) is 1.64. The fourth-order valence-electron chi connectivity index (χ4n) is 4.48. The number of aromatic nitrogens is 2. The number of fused-ring (bicyclic) bond motifs is 1. The molecule has 2 heterocycles. The predicted octanol–water partition coefficient (Wildman–Crippen LogP) is 4.95. The van der Waals surface area contributed by atoms with Crippen LogP contribution in [-0.4, -0.2) is 35.7 Å². The molecule has 0 radical (unpaired) electrons. The van der Waals surface area contributed by atoms with E-state index in [0.29, 0.717) is 37.6 Å². The zero-order valence-corrected chi connectivity index (χ0v) is 18.9. The van der Waals surface area contributed by atoms with Gasteiger partial charge in [-0.1, -0.05) is 42.0 Å². The molecule has 1 aliphatic heterocycles. The second-order valence-electron chi connectivity index (χ2n) is 8.35. The van der Waals surface area contributed by atoms with E-state index in [9.17, 15) is 4.79 Å². The molecule has 168 valence electrons. The number of hydrogen-bond donors (Lipinski definition) is 0. The fraction of sp³-hybridized carbons (Fsp3) is 0.259. The monoisotopic (exact) mass is 441 g/mol. The van der Waals surface area contributed by atoms with Crippen LogP contribution in [0.15, 0.2) is 72.8 Å². The van der Waals surface area contributed by atoms with Crippen LogP contribution in [0.3, 0.4) is 0 Å². The third-order valence-corrected chi connectivity index (χ3v) is 6.16. The lowest BCUT2D eigenvalue weighted by Crippen LogP contribution is -2.24. The number of amides is 1. The fourth-order valence-corrected chi connectivity index (χ4v) is 4.48. The molecule has 1 aromatic heterocycles. The lowest BCUT2D eigenvalue weighted by molar-refractivity contribution is -0.117. The van der Waals surface area contributed by atoms with Gasteiger partial charge in [0, 0.05) is 24.6 Å². The quantitative estimate of drug-likeness (QED) is 0.407. The summed E-state index contributed by atoms with van der Waals surface area (Å²) >= 11 is 0. The maximum atomic E-state index is 12.9. The maximum Gasteiger partial charge on any atom is 0.227 e. The van der Waals surface area contributed by atoms with Crippen LogP contribution in [0, 0.1) is 6.92 Å². The van der Waals surface area contributed by atoms with E-state index in [4.69, 9.17) is 14.5 Å². The zero-order chi connectivity index (χ0) is 22.8. The number of imidazole rings is 1. The second-order valence-corrected chi connectivity index (χ2v) is 8.35. The number of carbonyl (C=O) groups is 1. The molecule has 1 unspecified atom stereocenters. The Morgan fingerprint density at radius 3 is 2.48 bits per heavy atom. The van der Waals surface area contributed by atoms with Crippen LogP contribution in [0.25, 0.3) is 11.0 Å². The van der Waals surface area contributed by atoms with E-state index >= 15 is 0 Å². The first-order valence-electron chi connectivity index (χ1n) is 11.2. The van der Waals surface area contributed by atoms with Gasteiger partial charge in [-0.3, -0.25) is 4.79 Å². The van der Waals surface area contributed by atoms with Crippen molar-refractivity contribution in [2.45, 2.75) is 25.8 Å². The van der Waals surface area contributed by atoms with E-state index in [0.717, 1.165) is 22.5 Å². The minimum Gasteiger partial charge on any atom is -0.493 e. The van der Waals surface area contributed by atoms with Gasteiger partial charge in [-0.05, 0) is 43.3 Å². The highest BCUT2D eigenvalue weighted by Crippen LogP contribution is 2.33. The summed E-state index contributed by atoms with van der Waals surface area (Å²) in [6, 6.07) is 23.9. The Kier molecular flexibility index (Phi) is 5.73. The van der Waals surface area contributed by atoms with Crippen LogP contribution >= 0.6 is 0 Å². The molecule has 0 N–H and O–H groups in total. The van der Waals surface area contributed by atoms with E-state index < -0.39 is 0 Å². The van der Waals surface area contributed by atoms with Gasteiger partial charge in [0.25, 0.3) is 0 Å². The SMILES string of the molecule is COc1ccccc1OCCn1c(C2CC(=O)N(c3ccc(C)cc3)C2)nc2ccccc21. The number of hydrogen-bond acceptors (Lipinski definition) is 4. The van der Waals surface area contributed by atoms with Gasteiger partial charge in [0.15, 0.2) is 11.5 Å². The number of nitrogens with zero attached hydrogens (tertiary/aromatic N) is 3. The lowest BCUT2D eigenvalue weighted by Gasteiger charge is -2.18. The Hall–Kier alpha value is -3.80. The number of rotatable bonds is 7. The predicted molar refractivity (Wildman–Crippen MR) is 129 cm³/mol. The molecule has 0 saturated carbocycles. The Morgan fingerprint density at radius 1 is 0.970 bits per heavy atom. The van der Waals surface area contributed by atoms with Gasteiger partial charge < -0.3 is 18.9 Å². The van der Waals surface area contributed by atoms with Gasteiger partial charge in [-0.25, -0.2) is 4.98 Å². The van der Waals surface area contributed by atoms with Crippen LogP contribution in [0.4, 0.5) is 5.69 Å². The van der Waals surface area contributed by atoms with Crippen molar-refractivity contribution in [3.8, 4) is 11.5 Å². The molecule has 1 aliphatic rings. The van der Waals surface area contributed by atoms with Crippen LogP contribution in [-0.2, 0) is 11.3 Å². The normalized spacial score (nSPS) is 15.9. The molecule has 33 heavy (non-hydrogen) atoms. The van der Waals surface area contributed by atoms with Gasteiger partial charge in [0.1, 0.15) is 12.4 Å². The van der Waals surface area contributed by atoms with Crippen LogP contribution in [0.2, 0.25) is 0 Å². The van der Waals surface area contributed by atoms with Crippen LogP contribution in [0.5, 0.6) is 11.5 Å². The highest BCUT2D eigenvalue weighted by molar-refractivity contribution is 5.96. The smallest absolute Gasteiger partial charge is 0.227 e. The lowest BCUT2D eigenvalue weighted by atomic mass is 10.1. The van der Waals surface area contributed by atoms with Gasteiger partial charge in [0.05, 0.1) is 24.7 Å². The topological polar surface area (TPSA) is 56.6 Å². The number of ether oxygens (including phenoxy) is 2. The Morgan fingerprint density at radius 2 is 1.70 bits per heavy atom. The van der Waals surface area contributed by atoms with E-state index in [1.807, 2.05) is 78.6 Å². The third kappa shape index (κ3) is 4.16. The summed E-state index contributed by atoms with van der Waals surface area (Å²) in [5, 5.41) is 0. The Bertz CT molecular complexity index is 1280. The molecule has 0 spiro atoms. The zero-order valence-electron chi connectivity index (χ0n) is 18.9. The highest BCUT2D eigenvalue weighted by Gasteiger charge is 2.34. The number of carbonyl (C=O) groups excluding carboxylic acids is 1. The number of anilines is 1. The van der Waals surface area contributed by atoms with Gasteiger partial charge in [-0.2, -0.15) is 0 Å². The molecule has 1 fully saturated rings. The van der Waals surface area contributed by atoms with Crippen molar-refractivity contribution in [3.63, 3.8) is 0 Å². The average molecular weight is 442 g/mol. The Labute approximate surface area is 193 Å². The number of para-hydroxylation sites is 4. The summed E-state index contributed by atoms with van der Waals surface area (Å²) in [4.78, 5) is 19.7. The summed E-state index contributed by atoms with van der Waals surface area (Å²) < 4.78 is 13.6.